The van der Waals surface area contributed by atoms with Gasteiger partial charge in [-0.15, -0.1) is 0 Å². The summed E-state index contributed by atoms with van der Waals surface area (Å²) in [4.78, 5) is 8.48. The van der Waals surface area contributed by atoms with Crippen molar-refractivity contribution < 1.29 is 19.7 Å². The maximum absolute atomic E-state index is 10.3. The summed E-state index contributed by atoms with van der Waals surface area (Å²) in [6.07, 6.45) is -0.705. The summed E-state index contributed by atoms with van der Waals surface area (Å²) in [6, 6.07) is 0. The fourth-order valence-electron chi connectivity index (χ4n) is 0.558. The summed E-state index contributed by atoms with van der Waals surface area (Å²) in [5.74, 6) is 0. The SMILES string of the molecule is CC(CC(O)CO)[P+](=O)O. The van der Waals surface area contributed by atoms with E-state index in [-0.39, 0.29) is 13.0 Å². The van der Waals surface area contributed by atoms with Gasteiger partial charge in [-0.25, -0.2) is 0 Å². The summed E-state index contributed by atoms with van der Waals surface area (Å²) < 4.78 is 10.3. The second-order valence-electron chi connectivity index (χ2n) is 2.22. The first-order chi connectivity index (χ1) is 4.57. The lowest BCUT2D eigenvalue weighted by Gasteiger charge is -2.03. The van der Waals surface area contributed by atoms with Crippen molar-refractivity contribution >= 4 is 8.03 Å². The molecule has 0 aromatic rings. The van der Waals surface area contributed by atoms with Crippen molar-refractivity contribution in [3.05, 3.63) is 0 Å². The van der Waals surface area contributed by atoms with Crippen LogP contribution in [0.2, 0.25) is 0 Å². The zero-order chi connectivity index (χ0) is 8.15. The van der Waals surface area contributed by atoms with Gasteiger partial charge < -0.3 is 10.2 Å². The van der Waals surface area contributed by atoms with E-state index in [4.69, 9.17) is 15.1 Å². The van der Waals surface area contributed by atoms with E-state index in [2.05, 4.69) is 0 Å². The first-order valence-corrected chi connectivity index (χ1v) is 4.30. The van der Waals surface area contributed by atoms with E-state index in [0.29, 0.717) is 0 Å². The summed E-state index contributed by atoms with van der Waals surface area (Å²) in [6.45, 7) is 1.20. The Morgan fingerprint density at radius 1 is 1.60 bits per heavy atom. The van der Waals surface area contributed by atoms with Gasteiger partial charge in [0.05, 0.1) is 12.7 Å². The molecule has 0 saturated carbocycles. The van der Waals surface area contributed by atoms with Gasteiger partial charge in [0.1, 0.15) is 0 Å². The number of aliphatic hydroxyl groups is 2. The maximum atomic E-state index is 10.3. The molecule has 0 aliphatic carbocycles. The van der Waals surface area contributed by atoms with Crippen molar-refractivity contribution in [1.29, 1.82) is 0 Å². The molecule has 0 rings (SSSR count). The molecule has 10 heavy (non-hydrogen) atoms. The van der Waals surface area contributed by atoms with Crippen LogP contribution < -0.4 is 0 Å². The minimum absolute atomic E-state index is 0.169. The zero-order valence-corrected chi connectivity index (χ0v) is 6.66. The van der Waals surface area contributed by atoms with Gasteiger partial charge in [-0.1, -0.05) is 0 Å². The highest BCUT2D eigenvalue weighted by Gasteiger charge is 2.25. The van der Waals surface area contributed by atoms with Crippen LogP contribution in [-0.4, -0.2) is 33.5 Å². The highest BCUT2D eigenvalue weighted by Crippen LogP contribution is 2.25. The Labute approximate surface area is 60.4 Å². The molecule has 0 heterocycles. The van der Waals surface area contributed by atoms with Gasteiger partial charge in [0.15, 0.2) is 5.66 Å². The number of aliphatic hydroxyl groups excluding tert-OH is 2. The van der Waals surface area contributed by atoms with Crippen molar-refractivity contribution in [2.75, 3.05) is 6.61 Å². The average molecular weight is 167 g/mol. The van der Waals surface area contributed by atoms with Crippen LogP contribution in [0.5, 0.6) is 0 Å². The Bertz CT molecular complexity index is 116. The Morgan fingerprint density at radius 3 is 2.40 bits per heavy atom. The molecule has 0 saturated heterocycles. The van der Waals surface area contributed by atoms with Gasteiger partial charge in [0.2, 0.25) is 0 Å². The van der Waals surface area contributed by atoms with Crippen LogP contribution in [0.4, 0.5) is 0 Å². The van der Waals surface area contributed by atoms with Crippen LogP contribution in [0.3, 0.4) is 0 Å². The second kappa shape index (κ2) is 4.74. The standard InChI is InChI=1S/C5H11O4P/c1-4(10(8)9)2-5(7)3-6/h4-7H,2-3H2,1H3/p+1. The average Bonchev–Trinajstić information content (AvgIpc) is 1.87. The summed E-state index contributed by atoms with van der Waals surface area (Å²) in [5.41, 5.74) is -0.447. The first-order valence-electron chi connectivity index (χ1n) is 3.02. The molecular formula is C5H12O4P+. The third-order valence-corrected chi connectivity index (χ3v) is 2.17. The zero-order valence-electron chi connectivity index (χ0n) is 5.77. The lowest BCUT2D eigenvalue weighted by Crippen LogP contribution is -2.16. The van der Waals surface area contributed by atoms with Crippen molar-refractivity contribution in [2.24, 2.45) is 0 Å². The molecule has 4 nitrogen and oxygen atoms in total. The Hall–Kier alpha value is -0.0200. The van der Waals surface area contributed by atoms with E-state index in [1.165, 1.54) is 0 Å². The van der Waals surface area contributed by atoms with Crippen LogP contribution in [0.25, 0.3) is 0 Å². The second-order valence-corrected chi connectivity index (χ2v) is 3.71. The minimum Gasteiger partial charge on any atom is -0.394 e. The monoisotopic (exact) mass is 167 g/mol. The Morgan fingerprint density at radius 2 is 2.10 bits per heavy atom. The van der Waals surface area contributed by atoms with Gasteiger partial charge >= 0.3 is 8.03 Å². The van der Waals surface area contributed by atoms with Crippen LogP contribution in [0, 0.1) is 0 Å². The molecule has 60 valence electrons. The van der Waals surface area contributed by atoms with Crippen LogP contribution in [0.1, 0.15) is 13.3 Å². The molecule has 3 N–H and O–H groups in total. The molecule has 0 bridgehead atoms. The predicted molar refractivity (Wildman–Crippen MR) is 37.0 cm³/mol. The normalized spacial score (nSPS) is 18.2. The molecule has 0 spiro atoms. The molecule has 0 aliphatic rings. The topological polar surface area (TPSA) is 77.8 Å². The van der Waals surface area contributed by atoms with Crippen molar-refractivity contribution in [2.45, 2.75) is 25.1 Å². The first kappa shape index (κ1) is 9.98. The van der Waals surface area contributed by atoms with Crippen molar-refractivity contribution in [3.8, 4) is 0 Å². The molecule has 5 heteroatoms. The Balaban J connectivity index is 3.56. The van der Waals surface area contributed by atoms with E-state index in [0.717, 1.165) is 0 Å². The highest BCUT2D eigenvalue weighted by molar-refractivity contribution is 7.38. The number of hydrogen-bond donors (Lipinski definition) is 3. The molecule has 0 fully saturated rings. The van der Waals surface area contributed by atoms with E-state index in [1.54, 1.807) is 6.92 Å². The van der Waals surface area contributed by atoms with Gasteiger partial charge in [-0.2, -0.15) is 4.89 Å². The number of hydrogen-bond acceptors (Lipinski definition) is 3. The maximum Gasteiger partial charge on any atom is 0.508 e. The fourth-order valence-corrected chi connectivity index (χ4v) is 0.982. The summed E-state index contributed by atoms with van der Waals surface area (Å²) in [7, 11) is -2.22. The third kappa shape index (κ3) is 3.90. The lowest BCUT2D eigenvalue weighted by atomic mass is 10.2. The van der Waals surface area contributed by atoms with Gasteiger partial charge in [-0.05, 0) is 11.5 Å². The van der Waals surface area contributed by atoms with Gasteiger partial charge in [-0.3, -0.25) is 0 Å². The molecular weight excluding hydrogens is 155 g/mol. The predicted octanol–water partition coefficient (Wildman–Crippen LogP) is -0.147. The van der Waals surface area contributed by atoms with Crippen LogP contribution in [0.15, 0.2) is 0 Å². The fraction of sp³-hybridized carbons (Fsp3) is 1.00. The largest absolute Gasteiger partial charge is 0.508 e. The van der Waals surface area contributed by atoms with E-state index >= 15 is 0 Å². The van der Waals surface area contributed by atoms with Crippen molar-refractivity contribution in [3.63, 3.8) is 0 Å². The quantitative estimate of drug-likeness (QED) is 0.509. The molecule has 0 radical (unpaired) electrons. The molecule has 0 amide bonds. The minimum atomic E-state index is -2.22. The molecule has 0 aliphatic heterocycles. The van der Waals surface area contributed by atoms with Crippen LogP contribution >= 0.6 is 8.03 Å². The molecule has 3 atom stereocenters. The summed E-state index contributed by atoms with van der Waals surface area (Å²) >= 11 is 0. The van der Waals surface area contributed by atoms with Gasteiger partial charge in [0, 0.05) is 6.42 Å². The molecule has 0 aromatic heterocycles. The smallest absolute Gasteiger partial charge is 0.394 e. The summed E-state index contributed by atoms with van der Waals surface area (Å²) in [5, 5.41) is 17.1. The van der Waals surface area contributed by atoms with E-state index < -0.39 is 19.8 Å². The lowest BCUT2D eigenvalue weighted by molar-refractivity contribution is 0.0879. The van der Waals surface area contributed by atoms with Crippen molar-refractivity contribution in [1.82, 2.24) is 0 Å². The molecule has 0 aromatic carbocycles. The van der Waals surface area contributed by atoms with E-state index in [9.17, 15) is 4.57 Å². The van der Waals surface area contributed by atoms with Gasteiger partial charge in [0.25, 0.3) is 0 Å². The van der Waals surface area contributed by atoms with Crippen LogP contribution in [-0.2, 0) is 4.57 Å². The Kier molecular flexibility index (Phi) is 4.73. The third-order valence-electron chi connectivity index (χ3n) is 1.20. The highest BCUT2D eigenvalue weighted by atomic mass is 31.1. The molecule has 3 unspecified atom stereocenters. The number of rotatable bonds is 4. The van der Waals surface area contributed by atoms with E-state index in [1.807, 2.05) is 0 Å².